The highest BCUT2D eigenvalue weighted by atomic mass is 32.2. The molecule has 188 valence electrons. The van der Waals surface area contributed by atoms with Crippen LogP contribution in [0.3, 0.4) is 0 Å². The molecule has 2 unspecified atom stereocenters. The number of aliphatic hydroxyl groups is 1. The molecule has 0 amide bonds. The Morgan fingerprint density at radius 3 is 2.26 bits per heavy atom. The number of phenolic OH excluding ortho intramolecular Hbond substituents is 1. The number of hydrogen-bond acceptors (Lipinski definition) is 6. The summed E-state index contributed by atoms with van der Waals surface area (Å²) in [6.07, 6.45) is 0.983. The van der Waals surface area contributed by atoms with Crippen molar-refractivity contribution in [2.75, 3.05) is 17.5 Å². The number of sulfonamides is 1. The van der Waals surface area contributed by atoms with Crippen molar-refractivity contribution in [1.82, 2.24) is 5.32 Å². The van der Waals surface area contributed by atoms with E-state index in [0.29, 0.717) is 12.0 Å². The molecule has 0 bridgehead atoms. The predicted molar refractivity (Wildman–Crippen MR) is 130 cm³/mol. The number of phenols is 1. The van der Waals surface area contributed by atoms with Gasteiger partial charge in [-0.15, -0.1) is 0 Å². The number of hydrogen-bond donors (Lipinski definition) is 4. The summed E-state index contributed by atoms with van der Waals surface area (Å²) in [5.74, 6) is -0.151. The Labute approximate surface area is 203 Å². The first-order chi connectivity index (χ1) is 16.6. The second kappa shape index (κ2) is 12.0. The number of alkyl halides is 2. The molecule has 0 aliphatic heterocycles. The van der Waals surface area contributed by atoms with Gasteiger partial charge >= 0.3 is 6.61 Å². The zero-order chi connectivity index (χ0) is 25.4. The highest BCUT2D eigenvalue weighted by molar-refractivity contribution is 7.92. The highest BCUT2D eigenvalue weighted by Crippen LogP contribution is 2.26. The molecule has 0 spiro atoms. The molecule has 0 aliphatic carbocycles. The molecule has 3 aromatic carbocycles. The van der Waals surface area contributed by atoms with Crippen molar-refractivity contribution >= 4 is 15.7 Å². The third-order valence-electron chi connectivity index (χ3n) is 5.22. The molecule has 0 saturated carbocycles. The summed E-state index contributed by atoms with van der Waals surface area (Å²) in [5, 5.41) is 23.9. The summed E-state index contributed by atoms with van der Waals surface area (Å²) in [6.45, 7) is -2.69. The molecule has 35 heavy (non-hydrogen) atoms. The molecular weight excluding hydrogens is 478 g/mol. The first-order valence-electron chi connectivity index (χ1n) is 10.9. The quantitative estimate of drug-likeness (QED) is 0.278. The lowest BCUT2D eigenvalue weighted by Crippen LogP contribution is -2.32. The van der Waals surface area contributed by atoms with Crippen LogP contribution in [0.15, 0.2) is 72.8 Å². The third-order valence-corrected chi connectivity index (χ3v) is 5.81. The number of rotatable bonds is 12. The van der Waals surface area contributed by atoms with E-state index in [2.05, 4.69) is 14.8 Å². The van der Waals surface area contributed by atoms with Crippen molar-refractivity contribution in [1.29, 1.82) is 0 Å². The summed E-state index contributed by atoms with van der Waals surface area (Å²) in [5.41, 5.74) is 2.57. The van der Waals surface area contributed by atoms with Gasteiger partial charge in [-0.1, -0.05) is 48.5 Å². The fourth-order valence-corrected chi connectivity index (χ4v) is 4.22. The standard InChI is InChI=1S/C25H28F2N2O5S/c1-35(32,33)29-23-15-18(7-12-24(23)31)13-20(30)16-28-22(14-17-5-3-2-4-6-17)19-8-10-21(11-9-19)34-25(26)27/h2-12,15,20,22,25,28-31H,13-14,16H2,1H3. The lowest BCUT2D eigenvalue weighted by atomic mass is 9.98. The number of aliphatic hydroxyl groups excluding tert-OH is 1. The molecule has 7 nitrogen and oxygen atoms in total. The van der Waals surface area contributed by atoms with E-state index in [0.717, 1.165) is 17.4 Å². The molecule has 0 saturated heterocycles. The van der Waals surface area contributed by atoms with Crippen LogP contribution >= 0.6 is 0 Å². The zero-order valence-corrected chi connectivity index (χ0v) is 19.9. The second-order valence-electron chi connectivity index (χ2n) is 8.18. The number of benzene rings is 3. The average molecular weight is 507 g/mol. The van der Waals surface area contributed by atoms with Crippen molar-refractivity contribution in [2.45, 2.75) is 31.6 Å². The zero-order valence-electron chi connectivity index (χ0n) is 19.1. The normalized spacial score (nSPS) is 13.4. The maximum atomic E-state index is 12.5. The summed E-state index contributed by atoms with van der Waals surface area (Å²) in [7, 11) is -3.57. The van der Waals surface area contributed by atoms with Gasteiger partial charge in [0.1, 0.15) is 11.5 Å². The van der Waals surface area contributed by atoms with Gasteiger partial charge in [0, 0.05) is 12.6 Å². The maximum Gasteiger partial charge on any atom is 0.387 e. The summed E-state index contributed by atoms with van der Waals surface area (Å²) in [4.78, 5) is 0. The molecule has 3 rings (SSSR count). The monoisotopic (exact) mass is 506 g/mol. The van der Waals surface area contributed by atoms with Crippen LogP contribution in [-0.2, 0) is 22.9 Å². The SMILES string of the molecule is CS(=O)(=O)Nc1cc(CC(O)CNC(Cc2ccccc2)c2ccc(OC(F)F)cc2)ccc1O. The molecule has 0 aliphatic rings. The summed E-state index contributed by atoms with van der Waals surface area (Å²) >= 11 is 0. The van der Waals surface area contributed by atoms with Crippen molar-refractivity contribution < 1.29 is 32.1 Å². The van der Waals surface area contributed by atoms with Crippen molar-refractivity contribution in [3.05, 3.63) is 89.5 Å². The molecule has 2 atom stereocenters. The van der Waals surface area contributed by atoms with Crippen molar-refractivity contribution in [3.63, 3.8) is 0 Å². The van der Waals surface area contributed by atoms with E-state index in [1.807, 2.05) is 30.3 Å². The largest absolute Gasteiger partial charge is 0.506 e. The third kappa shape index (κ3) is 8.82. The number of nitrogens with one attached hydrogen (secondary N) is 2. The molecule has 0 aromatic heterocycles. The van der Waals surface area contributed by atoms with Crippen LogP contribution in [-0.4, -0.2) is 44.1 Å². The minimum atomic E-state index is -3.57. The summed E-state index contributed by atoms with van der Waals surface area (Å²) in [6, 6.07) is 20.3. The van der Waals surface area contributed by atoms with E-state index in [4.69, 9.17) is 0 Å². The fraction of sp³-hybridized carbons (Fsp3) is 0.280. The fourth-order valence-electron chi connectivity index (χ4n) is 3.65. The minimum Gasteiger partial charge on any atom is -0.506 e. The Balaban J connectivity index is 1.69. The highest BCUT2D eigenvalue weighted by Gasteiger charge is 2.16. The molecule has 0 heterocycles. The molecular formula is C25H28F2N2O5S. The first kappa shape index (κ1) is 26.4. The van der Waals surface area contributed by atoms with Crippen LogP contribution in [0.25, 0.3) is 0 Å². The maximum absolute atomic E-state index is 12.5. The van der Waals surface area contributed by atoms with Gasteiger partial charge in [0.25, 0.3) is 0 Å². The predicted octanol–water partition coefficient (Wildman–Crippen LogP) is 3.84. The van der Waals surface area contributed by atoms with Gasteiger partial charge in [0.2, 0.25) is 10.0 Å². The van der Waals surface area contributed by atoms with E-state index < -0.39 is 22.7 Å². The minimum absolute atomic E-state index is 0.0400. The van der Waals surface area contributed by atoms with Gasteiger partial charge in [-0.25, -0.2) is 8.42 Å². The van der Waals surface area contributed by atoms with Crippen LogP contribution in [0.2, 0.25) is 0 Å². The average Bonchev–Trinajstić information content (AvgIpc) is 2.79. The van der Waals surface area contributed by atoms with E-state index in [1.165, 1.54) is 24.3 Å². The van der Waals surface area contributed by atoms with Crippen LogP contribution in [0.4, 0.5) is 14.5 Å². The smallest absolute Gasteiger partial charge is 0.387 e. The van der Waals surface area contributed by atoms with Crippen LogP contribution in [0.1, 0.15) is 22.7 Å². The second-order valence-corrected chi connectivity index (χ2v) is 9.93. The van der Waals surface area contributed by atoms with Gasteiger partial charge in [-0.05, 0) is 53.8 Å². The molecule has 10 heteroatoms. The Morgan fingerprint density at radius 2 is 1.63 bits per heavy atom. The van der Waals surface area contributed by atoms with E-state index in [1.54, 1.807) is 18.2 Å². The molecule has 3 aromatic rings. The van der Waals surface area contributed by atoms with E-state index >= 15 is 0 Å². The van der Waals surface area contributed by atoms with Gasteiger partial charge < -0.3 is 20.3 Å². The Bertz CT molecular complexity index is 1190. The number of anilines is 1. The first-order valence-corrected chi connectivity index (χ1v) is 12.8. The molecule has 0 fully saturated rings. The van der Waals surface area contributed by atoms with Gasteiger partial charge in [-0.2, -0.15) is 8.78 Å². The van der Waals surface area contributed by atoms with Crippen LogP contribution < -0.4 is 14.8 Å². The Morgan fingerprint density at radius 1 is 0.943 bits per heavy atom. The van der Waals surface area contributed by atoms with E-state index in [-0.39, 0.29) is 36.2 Å². The molecule has 4 N–H and O–H groups in total. The Hall–Kier alpha value is -3.21. The van der Waals surface area contributed by atoms with Crippen LogP contribution in [0, 0.1) is 0 Å². The lowest BCUT2D eigenvalue weighted by Gasteiger charge is -2.22. The lowest BCUT2D eigenvalue weighted by molar-refractivity contribution is -0.0498. The van der Waals surface area contributed by atoms with Gasteiger partial charge in [0.15, 0.2) is 0 Å². The molecule has 0 radical (unpaired) electrons. The summed E-state index contributed by atoms with van der Waals surface area (Å²) < 4.78 is 54.6. The number of aromatic hydroxyl groups is 1. The van der Waals surface area contributed by atoms with Gasteiger partial charge in [0.05, 0.1) is 18.0 Å². The van der Waals surface area contributed by atoms with Crippen LogP contribution in [0.5, 0.6) is 11.5 Å². The van der Waals surface area contributed by atoms with Crippen molar-refractivity contribution in [2.24, 2.45) is 0 Å². The Kier molecular flexibility index (Phi) is 9.02. The number of halogens is 2. The van der Waals surface area contributed by atoms with Gasteiger partial charge in [-0.3, -0.25) is 4.72 Å². The van der Waals surface area contributed by atoms with E-state index in [9.17, 15) is 27.4 Å². The van der Waals surface area contributed by atoms with Crippen molar-refractivity contribution in [3.8, 4) is 11.5 Å². The number of ether oxygens (including phenoxy) is 1. The topological polar surface area (TPSA) is 108 Å².